The van der Waals surface area contributed by atoms with Gasteiger partial charge in [-0.15, -0.1) is 0 Å². The molecule has 27 nitrogen and oxygen atoms in total. The van der Waals surface area contributed by atoms with Gasteiger partial charge in [0.05, 0.1) is 65.1 Å². The molecule has 7 saturated heterocycles. The molecule has 1 unspecified atom stereocenters. The van der Waals surface area contributed by atoms with Crippen LogP contribution in [0, 0.1) is 0 Å². The number of benzene rings is 5. The molecule has 0 bridgehead atoms. The number of anilines is 7. The molecule has 28 heteroatoms. The van der Waals surface area contributed by atoms with Crippen LogP contribution in [0.5, 0.6) is 23.3 Å². The van der Waals surface area contributed by atoms with Crippen molar-refractivity contribution in [1.82, 2.24) is 39.9 Å². The first-order valence-electron chi connectivity index (χ1n) is 40.0. The Kier molecular flexibility index (Phi) is 28.3. The van der Waals surface area contributed by atoms with Crippen molar-refractivity contribution in [2.45, 2.75) is 146 Å². The van der Waals surface area contributed by atoms with Crippen LogP contribution in [0.2, 0.25) is 0 Å². The summed E-state index contributed by atoms with van der Waals surface area (Å²) in [7, 11) is -0.292. The van der Waals surface area contributed by atoms with Gasteiger partial charge in [0.1, 0.15) is 48.0 Å². The van der Waals surface area contributed by atoms with E-state index in [9.17, 15) is 18.0 Å². The predicted molar refractivity (Wildman–Crippen MR) is 444 cm³/mol. The van der Waals surface area contributed by atoms with E-state index in [1.165, 1.54) is 16.7 Å². The number of sulfone groups is 1. The molecule has 9 aromatic rings. The number of hydrogen-bond acceptors (Lipinski definition) is 25. The van der Waals surface area contributed by atoms with E-state index < -0.39 is 9.84 Å². The van der Waals surface area contributed by atoms with Crippen LogP contribution in [0.3, 0.4) is 0 Å². The highest BCUT2D eigenvalue weighted by atomic mass is 32.2. The third-order valence-electron chi connectivity index (χ3n) is 21.3. The van der Waals surface area contributed by atoms with Gasteiger partial charge in [-0.3, -0.25) is 19.6 Å². The van der Waals surface area contributed by atoms with Crippen LogP contribution in [-0.4, -0.2) is 210 Å². The first kappa shape index (κ1) is 81.6. The molecule has 0 amide bonds. The summed E-state index contributed by atoms with van der Waals surface area (Å²) in [4.78, 5) is 73.7. The van der Waals surface area contributed by atoms with Crippen LogP contribution in [-0.2, 0) is 61.3 Å². The number of H-pyrrole nitrogens is 2. The van der Waals surface area contributed by atoms with Crippen molar-refractivity contribution in [1.29, 1.82) is 0 Å². The van der Waals surface area contributed by atoms with E-state index in [1.807, 2.05) is 78.6 Å². The molecule has 4 aromatic heterocycles. The van der Waals surface area contributed by atoms with Gasteiger partial charge in [0.15, 0.2) is 0 Å². The first-order valence-corrected chi connectivity index (χ1v) is 41.9. The van der Waals surface area contributed by atoms with Gasteiger partial charge in [0.25, 0.3) is 16.3 Å². The van der Waals surface area contributed by atoms with Crippen LogP contribution in [0.4, 0.5) is 41.1 Å². The SMILES string of the molecule is COc1ccc(COc2cc(N3CCO[C@H](C)C3)nc(N3CCCC3Cc3ccccc3)n2)cc1.COc1ccc(COc2cc(N3CCO[C@H](C)C3)nc(S(C)(=O)=O)n2)cc1.C[C@@H]1CN(c2cc(=O)[nH]c(N3CCC[C@@H]3Cc3ccccc3)n2)CCO1.C[C@@H]1CN(c2cc(=O)[nH]c(N3CCC[C@H]3Cc3ccccc3)n2)CCO1. The van der Waals surface area contributed by atoms with E-state index >= 15 is 0 Å². The molecule has 0 aliphatic carbocycles. The van der Waals surface area contributed by atoms with Gasteiger partial charge >= 0.3 is 0 Å². The number of nitrogens with one attached hydrogen (secondary N) is 2. The number of nitrogens with zero attached hydrogens (tertiary/aromatic N) is 13. The Morgan fingerprint density at radius 3 is 1.11 bits per heavy atom. The van der Waals surface area contributed by atoms with Gasteiger partial charge in [-0.25, -0.2) is 13.4 Å². The largest absolute Gasteiger partial charge is 0.497 e. The van der Waals surface area contributed by atoms with Crippen LogP contribution in [0.25, 0.3) is 0 Å². The highest BCUT2D eigenvalue weighted by molar-refractivity contribution is 7.90. The molecular weight excluding hydrogens is 1470 g/mol. The number of aromatic amines is 2. The molecule has 606 valence electrons. The van der Waals surface area contributed by atoms with Crippen molar-refractivity contribution in [3.63, 3.8) is 0 Å². The number of rotatable bonds is 22. The maximum atomic E-state index is 12.3. The third-order valence-corrected chi connectivity index (χ3v) is 22.2. The Hall–Kier alpha value is -10.4. The van der Waals surface area contributed by atoms with Gasteiger partial charge in [-0.1, -0.05) is 115 Å². The fraction of sp³-hybridized carbons (Fsp3) is 0.465. The van der Waals surface area contributed by atoms with E-state index in [1.54, 1.807) is 32.4 Å². The van der Waals surface area contributed by atoms with Crippen molar-refractivity contribution in [2.24, 2.45) is 0 Å². The minimum absolute atomic E-state index is 0.0408. The lowest BCUT2D eigenvalue weighted by Gasteiger charge is -2.33. The lowest BCUT2D eigenvalue weighted by Crippen LogP contribution is -2.42. The second-order valence-corrected chi connectivity index (χ2v) is 32.1. The maximum Gasteiger partial charge on any atom is 0.254 e. The molecule has 0 saturated carbocycles. The monoisotopic (exact) mass is 1580 g/mol. The van der Waals surface area contributed by atoms with E-state index in [0.717, 1.165) is 169 Å². The second kappa shape index (κ2) is 39.6. The maximum absolute atomic E-state index is 12.3. The van der Waals surface area contributed by atoms with Gasteiger partial charge in [-0.2, -0.15) is 24.9 Å². The van der Waals surface area contributed by atoms with Crippen molar-refractivity contribution < 1.29 is 46.3 Å². The zero-order chi connectivity index (χ0) is 79.3. The van der Waals surface area contributed by atoms with E-state index in [2.05, 4.69) is 149 Å². The van der Waals surface area contributed by atoms with E-state index in [4.69, 9.17) is 57.8 Å². The molecular formula is C86H109N15O12S. The van der Waals surface area contributed by atoms with Gasteiger partial charge in [0.2, 0.25) is 39.4 Å². The summed E-state index contributed by atoms with van der Waals surface area (Å²) in [6.45, 7) is 20.2. The minimum atomic E-state index is -3.57. The second-order valence-electron chi connectivity index (χ2n) is 30.2. The number of aromatic nitrogens is 8. The molecule has 114 heavy (non-hydrogen) atoms. The summed E-state index contributed by atoms with van der Waals surface area (Å²) in [5.74, 6) is 7.49. The van der Waals surface area contributed by atoms with Crippen molar-refractivity contribution >= 4 is 51.0 Å². The molecule has 7 fully saturated rings. The first-order chi connectivity index (χ1) is 55.4. The molecule has 0 spiro atoms. The summed E-state index contributed by atoms with van der Waals surface area (Å²) in [6.07, 6.45) is 11.3. The number of ether oxygens (including phenoxy) is 8. The minimum Gasteiger partial charge on any atom is -0.497 e. The normalized spacial score (nSPS) is 21.0. The van der Waals surface area contributed by atoms with Crippen molar-refractivity contribution in [3.8, 4) is 23.3 Å². The Balaban J connectivity index is 0.000000134. The molecule has 16 rings (SSSR count). The molecule has 7 atom stereocenters. The third kappa shape index (κ3) is 23.0. The smallest absolute Gasteiger partial charge is 0.254 e. The summed E-state index contributed by atoms with van der Waals surface area (Å²) in [5, 5.41) is -0.246. The lowest BCUT2D eigenvalue weighted by molar-refractivity contribution is 0.0527. The molecule has 7 aliphatic rings. The van der Waals surface area contributed by atoms with E-state index in [0.29, 0.717) is 87.8 Å². The van der Waals surface area contributed by atoms with Crippen LogP contribution in [0.15, 0.2) is 179 Å². The fourth-order valence-electron chi connectivity index (χ4n) is 15.5. The topological polar surface area (TPSA) is 274 Å². The Morgan fingerprint density at radius 2 is 0.746 bits per heavy atom. The standard InChI is InChI=1S/C28H34N4O3.2C20H26N4O2.C18H23N3O5S/c1-21-19-31(15-16-34-21)26-18-27(35-20-23-10-12-25(33-2)13-11-23)30-28(29-26)32-14-6-9-24(32)17-22-7-4-3-5-8-22;2*1-15-14-23(10-11-26-15)18-13-19(25)22-20(21-18)24-9-5-8-17(24)12-16-6-3-2-4-7-16;1-13-11-21(8-9-25-13)16-10-17(20-18(19-16)27(3,22)23)26-12-14-4-6-15(24-2)7-5-14/h3-5,7-8,10-13,18,21,24H,6,9,14-17,19-20H2,1-2H3;2*2-4,6-7,13,15,17H,5,8-12,14H2,1H3,(H,21,22,25);4-7,10,13H,8-9,11-12H2,1-3H3/t21-,24?;15-,17+;15-,17-;13-/m1111/s1. The van der Waals surface area contributed by atoms with Gasteiger partial charge in [-0.05, 0) is 138 Å². The molecule has 11 heterocycles. The quantitative estimate of drug-likeness (QED) is 0.0597. The molecule has 7 aliphatic heterocycles. The van der Waals surface area contributed by atoms with Crippen molar-refractivity contribution in [2.75, 3.05) is 153 Å². The highest BCUT2D eigenvalue weighted by Gasteiger charge is 2.33. The zero-order valence-corrected chi connectivity index (χ0v) is 67.5. The van der Waals surface area contributed by atoms with Crippen LogP contribution < -0.4 is 64.4 Å². The Morgan fingerprint density at radius 1 is 0.404 bits per heavy atom. The van der Waals surface area contributed by atoms with E-state index in [-0.39, 0.29) is 53.2 Å². The van der Waals surface area contributed by atoms with Crippen LogP contribution >= 0.6 is 0 Å². The molecule has 2 N–H and O–H groups in total. The van der Waals surface area contributed by atoms with Crippen molar-refractivity contribution in [3.05, 3.63) is 212 Å². The summed E-state index contributed by atoms with van der Waals surface area (Å²) in [6, 6.07) is 55.1. The average Bonchev–Trinajstić information content (AvgIpc) is 1.29. The molecule has 0 radical (unpaired) electrons. The summed E-state index contributed by atoms with van der Waals surface area (Å²) < 4.78 is 68.8. The molecule has 5 aromatic carbocycles. The number of hydrogen-bond donors (Lipinski definition) is 2. The highest BCUT2D eigenvalue weighted by Crippen LogP contribution is 2.33. The van der Waals surface area contributed by atoms with Gasteiger partial charge in [0, 0.05) is 121 Å². The summed E-state index contributed by atoms with van der Waals surface area (Å²) in [5.41, 5.74) is 5.80. The van der Waals surface area contributed by atoms with Gasteiger partial charge < -0.3 is 72.2 Å². The van der Waals surface area contributed by atoms with Crippen LogP contribution in [0.1, 0.15) is 94.0 Å². The fourth-order valence-corrected chi connectivity index (χ4v) is 16.0. The lowest BCUT2D eigenvalue weighted by atomic mass is 10.0. The average molecular weight is 1580 g/mol. The Bertz CT molecular complexity index is 4620. The Labute approximate surface area is 668 Å². The number of morpholine rings is 4. The summed E-state index contributed by atoms with van der Waals surface area (Å²) >= 11 is 0. The zero-order valence-electron chi connectivity index (χ0n) is 66.6. The predicted octanol–water partition coefficient (Wildman–Crippen LogP) is 10.6. The number of methoxy groups -OCH3 is 2.